The summed E-state index contributed by atoms with van der Waals surface area (Å²) in [6.07, 6.45) is 4.17. The molecule has 42 heavy (non-hydrogen) atoms. The molecule has 0 saturated carbocycles. The topological polar surface area (TPSA) is 174 Å². The first-order chi connectivity index (χ1) is 20.3. The van der Waals surface area contributed by atoms with Crippen molar-refractivity contribution in [2.45, 2.75) is 18.5 Å². The van der Waals surface area contributed by atoms with Crippen molar-refractivity contribution < 1.29 is 13.2 Å². The molecule has 6 aromatic rings. The Hall–Kier alpha value is -5.40. The molecule has 0 fully saturated rings. The Morgan fingerprint density at radius 2 is 1.86 bits per heavy atom. The lowest BCUT2D eigenvalue weighted by atomic mass is 10.1. The van der Waals surface area contributed by atoms with Gasteiger partial charge in [-0.3, -0.25) is 9.36 Å². The minimum Gasteiger partial charge on any atom is -0.383 e. The second-order valence-electron chi connectivity index (χ2n) is 9.42. The smallest absolute Gasteiger partial charge is 0.257 e. The Kier molecular flexibility index (Phi) is 6.94. The van der Waals surface area contributed by atoms with Gasteiger partial charge in [0.05, 0.1) is 23.8 Å². The van der Waals surface area contributed by atoms with Gasteiger partial charge >= 0.3 is 0 Å². The van der Waals surface area contributed by atoms with Crippen LogP contribution in [0.3, 0.4) is 0 Å². The molecule has 2 aromatic carbocycles. The van der Waals surface area contributed by atoms with Gasteiger partial charge in [0, 0.05) is 36.6 Å². The zero-order valence-corrected chi connectivity index (χ0v) is 23.1. The summed E-state index contributed by atoms with van der Waals surface area (Å²) < 4.78 is 29.4. The second-order valence-corrected chi connectivity index (χ2v) is 11.2. The summed E-state index contributed by atoms with van der Waals surface area (Å²) in [5.41, 5.74) is 11.8. The van der Waals surface area contributed by atoms with E-state index in [1.807, 2.05) is 71.3 Å². The number of carbonyl (C=O) groups excluding carboxylic acids is 1. The predicted octanol–water partition coefficient (Wildman–Crippen LogP) is 3.89. The lowest BCUT2D eigenvalue weighted by Crippen LogP contribution is -2.23. The van der Waals surface area contributed by atoms with E-state index in [0.717, 1.165) is 16.8 Å². The van der Waals surface area contributed by atoms with Crippen LogP contribution in [-0.4, -0.2) is 43.8 Å². The number of sulfonamides is 1. The summed E-state index contributed by atoms with van der Waals surface area (Å²) in [6, 6.07) is 22.2. The van der Waals surface area contributed by atoms with E-state index >= 15 is 0 Å². The Labute approximate surface area is 240 Å². The fraction of sp³-hybridized carbons (Fsp3) is 0.0690. The number of carbonyl (C=O) groups is 1. The highest BCUT2D eigenvalue weighted by molar-refractivity contribution is 7.89. The number of benzene rings is 2. The monoisotopic (exact) mass is 579 g/mol. The molecule has 0 atom stereocenters. The highest BCUT2D eigenvalue weighted by Crippen LogP contribution is 2.32. The standard InChI is InChI=1S/C29H25N9O3S/c1-18(39)35-21-5-2-4-20(14-21)24-11-12-25-29(36-24)38(28(37-25)23-6-3-13-32-27(23)30)22-9-7-19(8-10-22)15-34-42(40,41)26-16-31-17-33-26/h2-14,16-17,34H,15H2,1H3,(H2,30,32)(H,31,33)(H,35,39). The molecule has 0 unspecified atom stereocenters. The van der Waals surface area contributed by atoms with Crippen LogP contribution in [0.25, 0.3) is 39.5 Å². The zero-order chi connectivity index (χ0) is 29.3. The first kappa shape index (κ1) is 26.8. The molecule has 0 aliphatic heterocycles. The van der Waals surface area contributed by atoms with Gasteiger partial charge in [0.1, 0.15) is 11.3 Å². The van der Waals surface area contributed by atoms with E-state index in [0.29, 0.717) is 39.8 Å². The lowest BCUT2D eigenvalue weighted by molar-refractivity contribution is -0.114. The van der Waals surface area contributed by atoms with Crippen LogP contribution in [0.5, 0.6) is 0 Å². The van der Waals surface area contributed by atoms with Crippen molar-refractivity contribution in [1.29, 1.82) is 0 Å². The third-order valence-electron chi connectivity index (χ3n) is 6.49. The molecule has 1 amide bonds. The number of imidazole rings is 2. The second kappa shape index (κ2) is 10.9. The van der Waals surface area contributed by atoms with Crippen LogP contribution >= 0.6 is 0 Å². The van der Waals surface area contributed by atoms with Crippen molar-refractivity contribution in [2.75, 3.05) is 11.1 Å². The summed E-state index contributed by atoms with van der Waals surface area (Å²) >= 11 is 0. The summed E-state index contributed by atoms with van der Waals surface area (Å²) in [4.78, 5) is 32.0. The molecular weight excluding hydrogens is 554 g/mol. The fourth-order valence-electron chi connectivity index (χ4n) is 4.52. The number of hydrogen-bond donors (Lipinski definition) is 4. The van der Waals surface area contributed by atoms with Gasteiger partial charge in [-0.15, -0.1) is 0 Å². The molecule has 0 aliphatic rings. The van der Waals surface area contributed by atoms with Gasteiger partial charge in [-0.1, -0.05) is 24.3 Å². The van der Waals surface area contributed by atoms with Crippen molar-refractivity contribution in [2.24, 2.45) is 0 Å². The number of fused-ring (bicyclic) bond motifs is 1. The Balaban J connectivity index is 1.41. The van der Waals surface area contributed by atoms with Gasteiger partial charge in [0.2, 0.25) is 5.91 Å². The van der Waals surface area contributed by atoms with Gasteiger partial charge < -0.3 is 16.0 Å². The molecule has 0 bridgehead atoms. The van der Waals surface area contributed by atoms with Crippen LogP contribution in [0.1, 0.15) is 12.5 Å². The number of hydrogen-bond acceptors (Lipinski definition) is 8. The molecule has 4 aromatic heterocycles. The van der Waals surface area contributed by atoms with E-state index in [1.165, 1.54) is 19.4 Å². The minimum absolute atomic E-state index is 0.00723. The Morgan fingerprint density at radius 3 is 2.60 bits per heavy atom. The molecule has 5 N–H and O–H groups in total. The van der Waals surface area contributed by atoms with Gasteiger partial charge in [-0.25, -0.2) is 33.1 Å². The third-order valence-corrected chi connectivity index (χ3v) is 7.81. The molecule has 0 spiro atoms. The van der Waals surface area contributed by atoms with Crippen LogP contribution in [0, 0.1) is 0 Å². The van der Waals surface area contributed by atoms with E-state index in [9.17, 15) is 13.2 Å². The largest absolute Gasteiger partial charge is 0.383 e. The number of rotatable bonds is 8. The van der Waals surface area contributed by atoms with Crippen LogP contribution in [0.15, 0.2) is 96.5 Å². The number of anilines is 2. The number of nitrogen functional groups attached to an aromatic ring is 1. The maximum Gasteiger partial charge on any atom is 0.257 e. The van der Waals surface area contributed by atoms with E-state index in [2.05, 4.69) is 25.0 Å². The first-order valence-electron chi connectivity index (χ1n) is 12.8. The average Bonchev–Trinajstić information content (AvgIpc) is 3.66. The SMILES string of the molecule is CC(=O)Nc1cccc(-c2ccc3nc(-c4cccnc4N)n(-c4ccc(CNS(=O)(=O)c5cnc[nH]5)cc4)c3n2)c1. The van der Waals surface area contributed by atoms with Crippen molar-refractivity contribution in [3.8, 4) is 28.3 Å². The Morgan fingerprint density at radius 1 is 1.02 bits per heavy atom. The van der Waals surface area contributed by atoms with E-state index in [4.69, 9.17) is 15.7 Å². The van der Waals surface area contributed by atoms with Gasteiger partial charge in [0.15, 0.2) is 16.5 Å². The van der Waals surface area contributed by atoms with Crippen molar-refractivity contribution in [3.05, 3.63) is 97.1 Å². The molecule has 210 valence electrons. The summed E-state index contributed by atoms with van der Waals surface area (Å²) in [5.74, 6) is 0.715. The number of aromatic nitrogens is 6. The quantitative estimate of drug-likeness (QED) is 0.210. The van der Waals surface area contributed by atoms with E-state index in [-0.39, 0.29) is 17.5 Å². The van der Waals surface area contributed by atoms with Gasteiger partial charge in [0.25, 0.3) is 10.0 Å². The fourth-order valence-corrected chi connectivity index (χ4v) is 5.44. The molecule has 13 heteroatoms. The summed E-state index contributed by atoms with van der Waals surface area (Å²) in [5, 5.41) is 2.79. The minimum atomic E-state index is -3.72. The number of nitrogens with zero attached hydrogens (tertiary/aromatic N) is 5. The maximum absolute atomic E-state index is 12.5. The van der Waals surface area contributed by atoms with E-state index < -0.39 is 10.0 Å². The molecule has 4 heterocycles. The van der Waals surface area contributed by atoms with Crippen molar-refractivity contribution in [1.82, 2.24) is 34.2 Å². The maximum atomic E-state index is 12.5. The van der Waals surface area contributed by atoms with Crippen molar-refractivity contribution in [3.63, 3.8) is 0 Å². The molecular formula is C29H25N9O3S. The van der Waals surface area contributed by atoms with Crippen molar-refractivity contribution >= 4 is 38.6 Å². The summed E-state index contributed by atoms with van der Waals surface area (Å²) in [6.45, 7) is 1.54. The normalized spacial score (nSPS) is 11.5. The number of nitrogens with two attached hydrogens (primary N) is 1. The summed E-state index contributed by atoms with van der Waals surface area (Å²) in [7, 11) is -3.72. The highest BCUT2D eigenvalue weighted by atomic mass is 32.2. The van der Waals surface area contributed by atoms with Crippen LogP contribution < -0.4 is 15.8 Å². The molecule has 6 rings (SSSR count). The predicted molar refractivity (Wildman–Crippen MR) is 159 cm³/mol. The molecule has 0 aliphatic carbocycles. The number of H-pyrrole nitrogens is 1. The lowest BCUT2D eigenvalue weighted by Gasteiger charge is -2.12. The van der Waals surface area contributed by atoms with Crippen LogP contribution in [0.4, 0.5) is 11.5 Å². The third kappa shape index (κ3) is 5.33. The Bertz CT molecular complexity index is 2020. The number of aromatic amines is 1. The molecule has 0 saturated heterocycles. The molecule has 12 nitrogen and oxygen atoms in total. The highest BCUT2D eigenvalue weighted by Gasteiger charge is 2.19. The van der Waals surface area contributed by atoms with Gasteiger partial charge in [-0.2, -0.15) is 0 Å². The average molecular weight is 580 g/mol. The van der Waals surface area contributed by atoms with Gasteiger partial charge in [-0.05, 0) is 54.1 Å². The zero-order valence-electron chi connectivity index (χ0n) is 22.3. The molecule has 0 radical (unpaired) electrons. The number of pyridine rings is 2. The van der Waals surface area contributed by atoms with E-state index in [1.54, 1.807) is 12.3 Å². The number of amides is 1. The number of nitrogens with one attached hydrogen (secondary N) is 3. The first-order valence-corrected chi connectivity index (χ1v) is 14.3. The van der Waals surface area contributed by atoms with Crippen LogP contribution in [-0.2, 0) is 21.4 Å². The van der Waals surface area contributed by atoms with Crippen LogP contribution in [0.2, 0.25) is 0 Å².